The second-order valence-electron chi connectivity index (χ2n) is 10.5. The van der Waals surface area contributed by atoms with E-state index >= 15 is 0 Å². The minimum absolute atomic E-state index is 0.00653. The van der Waals surface area contributed by atoms with Crippen LogP contribution in [-0.4, -0.2) is 53.8 Å². The predicted octanol–water partition coefficient (Wildman–Crippen LogP) is 5.58. The minimum atomic E-state index is -4.10. The lowest BCUT2D eigenvalue weighted by atomic mass is 10.2. The van der Waals surface area contributed by atoms with E-state index in [9.17, 15) is 21.6 Å². The number of benzene rings is 4. The summed E-state index contributed by atoms with van der Waals surface area (Å²) in [6, 6.07) is 25.8. The topological polar surface area (TPSA) is 125 Å². The number of methoxy groups -OCH3 is 1. The number of hydrogen-bond donors (Lipinski definition) is 2. The van der Waals surface area contributed by atoms with Crippen molar-refractivity contribution >= 4 is 54.6 Å². The highest BCUT2D eigenvalue weighted by Gasteiger charge is 2.28. The van der Waals surface area contributed by atoms with Crippen molar-refractivity contribution < 1.29 is 26.4 Å². The molecule has 1 aliphatic rings. The van der Waals surface area contributed by atoms with Crippen LogP contribution in [0.5, 0.6) is 5.75 Å². The third-order valence-corrected chi connectivity index (χ3v) is 10.8. The van der Waals surface area contributed by atoms with E-state index in [1.807, 2.05) is 11.0 Å². The summed E-state index contributed by atoms with van der Waals surface area (Å²) in [7, 11) is -6.66. The molecule has 1 amide bonds. The van der Waals surface area contributed by atoms with Crippen LogP contribution in [0.15, 0.2) is 107 Å². The number of anilines is 3. The fourth-order valence-corrected chi connectivity index (χ4v) is 7.85. The van der Waals surface area contributed by atoms with Gasteiger partial charge in [-0.3, -0.25) is 9.52 Å². The van der Waals surface area contributed by atoms with Gasteiger partial charge in [0, 0.05) is 36.0 Å². The van der Waals surface area contributed by atoms with Crippen LogP contribution < -0.4 is 19.7 Å². The molecule has 13 heteroatoms. The summed E-state index contributed by atoms with van der Waals surface area (Å²) in [5, 5.41) is 3.09. The van der Waals surface area contributed by atoms with E-state index in [2.05, 4.69) is 10.0 Å². The predicted molar refractivity (Wildman–Crippen MR) is 176 cm³/mol. The quantitative estimate of drug-likeness (QED) is 0.202. The summed E-state index contributed by atoms with van der Waals surface area (Å²) in [5.74, 6) is -0.0522. The van der Waals surface area contributed by atoms with Crippen LogP contribution in [-0.2, 0) is 31.4 Å². The number of hydrogen-bond acceptors (Lipinski definition) is 7. The van der Waals surface area contributed by atoms with Crippen molar-refractivity contribution in [3.8, 4) is 5.75 Å². The Morgan fingerprint density at radius 3 is 2.16 bits per heavy atom. The van der Waals surface area contributed by atoms with Crippen LogP contribution in [0, 0.1) is 0 Å². The number of nitrogens with one attached hydrogen (secondary N) is 2. The number of sulfonamides is 2. The summed E-state index contributed by atoms with van der Waals surface area (Å²) in [6.07, 6.45) is 1.87. The number of nitrogens with zero attached hydrogens (tertiary/aromatic N) is 2. The highest BCUT2D eigenvalue weighted by atomic mass is 35.5. The van der Waals surface area contributed by atoms with Gasteiger partial charge in [0.2, 0.25) is 15.9 Å². The summed E-state index contributed by atoms with van der Waals surface area (Å²) in [6.45, 7) is 0.833. The maximum absolute atomic E-state index is 13.7. The van der Waals surface area contributed by atoms with Crippen molar-refractivity contribution in [1.29, 1.82) is 0 Å². The Hall–Kier alpha value is -4.10. The van der Waals surface area contributed by atoms with Gasteiger partial charge in [-0.15, -0.1) is 0 Å². The summed E-state index contributed by atoms with van der Waals surface area (Å²) < 4.78 is 63.5. The van der Waals surface area contributed by atoms with Crippen LogP contribution in [0.4, 0.5) is 17.1 Å². The second-order valence-corrected chi connectivity index (χ2v) is 14.5. The first-order valence-corrected chi connectivity index (χ1v) is 17.5. The molecule has 10 nitrogen and oxygen atoms in total. The van der Waals surface area contributed by atoms with Crippen molar-refractivity contribution in [2.24, 2.45) is 0 Å². The first-order chi connectivity index (χ1) is 21.5. The molecule has 45 heavy (non-hydrogen) atoms. The second kappa shape index (κ2) is 13.9. The first kappa shape index (κ1) is 32.3. The zero-order chi connectivity index (χ0) is 32.0. The molecule has 0 atom stereocenters. The number of ether oxygens (including phenoxy) is 1. The van der Waals surface area contributed by atoms with Gasteiger partial charge >= 0.3 is 0 Å². The lowest BCUT2D eigenvalue weighted by Gasteiger charge is -2.24. The number of carbonyl (C=O) groups is 1. The molecule has 4 aromatic carbocycles. The van der Waals surface area contributed by atoms with Gasteiger partial charge in [0.1, 0.15) is 10.6 Å². The number of halogens is 1. The highest BCUT2D eigenvalue weighted by molar-refractivity contribution is 7.93. The SMILES string of the molecule is COc1ccc(NS(=O)(=O)c2cc(NC(=O)CN(Cc3ccccc3)S(=O)(=O)c3ccc(Cl)cc3)ccc2N2CCCC2)cc1. The Morgan fingerprint density at radius 1 is 0.867 bits per heavy atom. The number of rotatable bonds is 12. The van der Waals surface area contributed by atoms with Gasteiger partial charge in [0.25, 0.3) is 10.0 Å². The lowest BCUT2D eigenvalue weighted by Crippen LogP contribution is -2.37. The molecule has 0 aromatic heterocycles. The van der Waals surface area contributed by atoms with Crippen molar-refractivity contribution in [1.82, 2.24) is 4.31 Å². The highest BCUT2D eigenvalue weighted by Crippen LogP contribution is 2.33. The first-order valence-electron chi connectivity index (χ1n) is 14.2. The fraction of sp³-hybridized carbons (Fsp3) is 0.219. The molecule has 1 heterocycles. The van der Waals surface area contributed by atoms with Gasteiger partial charge in [0.15, 0.2) is 0 Å². The van der Waals surface area contributed by atoms with Gasteiger partial charge in [-0.1, -0.05) is 41.9 Å². The van der Waals surface area contributed by atoms with Crippen molar-refractivity contribution in [3.63, 3.8) is 0 Å². The van der Waals surface area contributed by atoms with Crippen LogP contribution in [0.25, 0.3) is 0 Å². The Balaban J connectivity index is 1.42. The normalized spacial score (nSPS) is 13.5. The molecule has 2 N–H and O–H groups in total. The van der Waals surface area contributed by atoms with E-state index in [0.717, 1.165) is 17.1 Å². The van der Waals surface area contributed by atoms with Gasteiger partial charge in [-0.05, 0) is 85.1 Å². The van der Waals surface area contributed by atoms with Gasteiger partial charge in [0.05, 0.1) is 24.2 Å². The molecule has 0 spiro atoms. The molecule has 1 fully saturated rings. The van der Waals surface area contributed by atoms with Crippen LogP contribution in [0.3, 0.4) is 0 Å². The lowest BCUT2D eigenvalue weighted by molar-refractivity contribution is -0.116. The van der Waals surface area contributed by atoms with Gasteiger partial charge in [-0.25, -0.2) is 16.8 Å². The Labute approximate surface area is 268 Å². The molecular weight excluding hydrogens is 636 g/mol. The van der Waals surface area contributed by atoms with E-state index in [-0.39, 0.29) is 22.0 Å². The standard InChI is InChI=1S/C32H33ClN4O6S2/c1-43-28-14-11-26(12-15-28)35-44(39,40)31-21-27(13-18-30(31)36-19-5-6-20-36)34-32(38)23-37(22-24-7-3-2-4-8-24)45(41,42)29-16-9-25(33)10-17-29/h2-4,7-18,21,35H,5-6,19-20,22-23H2,1H3,(H,34,38). The van der Waals surface area contributed by atoms with Gasteiger partial charge < -0.3 is 15.0 Å². The van der Waals surface area contributed by atoms with Crippen LogP contribution in [0.1, 0.15) is 18.4 Å². The minimum Gasteiger partial charge on any atom is -0.497 e. The van der Waals surface area contributed by atoms with Crippen molar-refractivity contribution in [3.05, 3.63) is 108 Å². The van der Waals surface area contributed by atoms with Crippen molar-refractivity contribution in [2.75, 3.05) is 41.7 Å². The smallest absolute Gasteiger partial charge is 0.264 e. The third kappa shape index (κ3) is 7.95. The van der Waals surface area contributed by atoms with Gasteiger partial charge in [-0.2, -0.15) is 4.31 Å². The molecule has 0 aliphatic carbocycles. The van der Waals surface area contributed by atoms with E-state index in [0.29, 0.717) is 40.8 Å². The molecule has 0 saturated carbocycles. The molecular formula is C32H33ClN4O6S2. The van der Waals surface area contributed by atoms with E-state index in [1.165, 1.54) is 37.4 Å². The average Bonchev–Trinajstić information content (AvgIpc) is 3.57. The maximum Gasteiger partial charge on any atom is 0.264 e. The monoisotopic (exact) mass is 668 g/mol. The van der Waals surface area contributed by atoms with E-state index in [1.54, 1.807) is 60.7 Å². The zero-order valence-corrected chi connectivity index (χ0v) is 26.9. The fourth-order valence-electron chi connectivity index (χ4n) is 5.02. The largest absolute Gasteiger partial charge is 0.497 e. The molecule has 4 aromatic rings. The van der Waals surface area contributed by atoms with Crippen LogP contribution in [0.2, 0.25) is 5.02 Å². The summed E-state index contributed by atoms with van der Waals surface area (Å²) in [4.78, 5) is 15.4. The molecule has 236 valence electrons. The molecule has 1 saturated heterocycles. The molecule has 5 rings (SSSR count). The number of carbonyl (C=O) groups excluding carboxylic acids is 1. The molecule has 1 aliphatic heterocycles. The third-order valence-electron chi connectivity index (χ3n) is 7.30. The number of amides is 1. The Bertz CT molecular complexity index is 1850. The summed E-state index contributed by atoms with van der Waals surface area (Å²) in [5.41, 5.74) is 1.77. The molecule has 0 unspecified atom stereocenters. The zero-order valence-electron chi connectivity index (χ0n) is 24.5. The molecule has 0 radical (unpaired) electrons. The average molecular weight is 669 g/mol. The van der Waals surface area contributed by atoms with E-state index < -0.39 is 32.5 Å². The van der Waals surface area contributed by atoms with E-state index in [4.69, 9.17) is 16.3 Å². The van der Waals surface area contributed by atoms with Crippen LogP contribution >= 0.6 is 11.6 Å². The maximum atomic E-state index is 13.7. The van der Waals surface area contributed by atoms with Crippen molar-refractivity contribution in [2.45, 2.75) is 29.2 Å². The molecule has 0 bridgehead atoms. The Morgan fingerprint density at radius 2 is 1.51 bits per heavy atom. The summed E-state index contributed by atoms with van der Waals surface area (Å²) >= 11 is 5.97. The Kier molecular flexibility index (Phi) is 9.98.